The number of nitrogens with one attached hydrogen (secondary N) is 1. The summed E-state index contributed by atoms with van der Waals surface area (Å²) < 4.78 is 0. The van der Waals surface area contributed by atoms with Gasteiger partial charge < -0.3 is 10.8 Å². The van der Waals surface area contributed by atoms with Gasteiger partial charge in [0.1, 0.15) is 5.84 Å². The molecule has 15 heavy (non-hydrogen) atoms. The van der Waals surface area contributed by atoms with Gasteiger partial charge in [-0.3, -0.25) is 10.3 Å². The van der Waals surface area contributed by atoms with Crippen molar-refractivity contribution in [3.63, 3.8) is 0 Å². The van der Waals surface area contributed by atoms with Crippen molar-refractivity contribution in [1.29, 1.82) is 5.41 Å². The summed E-state index contributed by atoms with van der Waals surface area (Å²) in [5.74, 6) is 0.196. The van der Waals surface area contributed by atoms with E-state index in [4.69, 9.17) is 11.1 Å². The maximum atomic E-state index is 10.2. The number of likely N-dealkylation sites (N-methyl/N-ethyl adjacent to an activating group) is 1. The topological polar surface area (TPSA) is 73.3 Å². The zero-order chi connectivity index (χ0) is 11.5. The smallest absolute Gasteiger partial charge is 0.108 e. The molecule has 4 heteroatoms. The summed E-state index contributed by atoms with van der Waals surface area (Å²) in [4.78, 5) is 2.01. The fourth-order valence-electron chi connectivity index (χ4n) is 2.53. The number of hydrogen-bond acceptors (Lipinski definition) is 3. The van der Waals surface area contributed by atoms with Crippen LogP contribution in [0.3, 0.4) is 0 Å². The predicted molar refractivity (Wildman–Crippen MR) is 62.0 cm³/mol. The Bertz CT molecular complexity index is 224. The molecule has 0 heterocycles. The lowest BCUT2D eigenvalue weighted by Gasteiger charge is -2.33. The van der Waals surface area contributed by atoms with Gasteiger partial charge in [-0.1, -0.05) is 19.8 Å². The van der Waals surface area contributed by atoms with Crippen molar-refractivity contribution >= 4 is 5.84 Å². The molecule has 0 aromatic carbocycles. The van der Waals surface area contributed by atoms with Gasteiger partial charge in [0.2, 0.25) is 0 Å². The average molecular weight is 213 g/mol. The molecule has 1 fully saturated rings. The molecule has 1 rings (SSSR count). The van der Waals surface area contributed by atoms with Crippen molar-refractivity contribution in [1.82, 2.24) is 4.90 Å². The second kappa shape index (κ2) is 4.94. The third kappa shape index (κ3) is 3.18. The van der Waals surface area contributed by atoms with Gasteiger partial charge in [-0.25, -0.2) is 0 Å². The van der Waals surface area contributed by atoms with Gasteiger partial charge >= 0.3 is 0 Å². The van der Waals surface area contributed by atoms with E-state index in [9.17, 15) is 5.11 Å². The number of amidine groups is 1. The Morgan fingerprint density at radius 3 is 2.47 bits per heavy atom. The van der Waals surface area contributed by atoms with E-state index in [0.717, 1.165) is 32.1 Å². The minimum atomic E-state index is -0.544. The number of nitrogens with two attached hydrogens (primary N) is 1. The van der Waals surface area contributed by atoms with E-state index in [-0.39, 0.29) is 11.9 Å². The van der Waals surface area contributed by atoms with Gasteiger partial charge in [-0.05, 0) is 26.3 Å². The molecule has 0 aromatic rings. The Labute approximate surface area is 92.0 Å². The highest BCUT2D eigenvalue weighted by molar-refractivity contribution is 5.82. The number of nitrogens with zero attached hydrogens (tertiary/aromatic N) is 1. The van der Waals surface area contributed by atoms with Crippen molar-refractivity contribution < 1.29 is 5.11 Å². The first kappa shape index (κ1) is 12.5. The summed E-state index contributed by atoms with van der Waals surface area (Å²) in [7, 11) is 1.94. The molecule has 0 saturated heterocycles. The Kier molecular flexibility index (Phi) is 4.11. The molecule has 1 saturated carbocycles. The Hall–Kier alpha value is -0.610. The summed E-state index contributed by atoms with van der Waals surface area (Å²) in [5, 5.41) is 17.7. The largest absolute Gasteiger partial charge is 0.389 e. The van der Waals surface area contributed by atoms with Crippen LogP contribution in [0, 0.1) is 5.41 Å². The van der Waals surface area contributed by atoms with Crippen LogP contribution < -0.4 is 5.73 Å². The molecule has 4 nitrogen and oxygen atoms in total. The molecule has 88 valence electrons. The highest BCUT2D eigenvalue weighted by atomic mass is 16.3. The van der Waals surface area contributed by atoms with E-state index < -0.39 is 5.60 Å². The lowest BCUT2D eigenvalue weighted by molar-refractivity contribution is 0.0114. The minimum Gasteiger partial charge on any atom is -0.389 e. The molecule has 1 atom stereocenters. The summed E-state index contributed by atoms with van der Waals surface area (Å²) in [5.41, 5.74) is 4.98. The van der Waals surface area contributed by atoms with Gasteiger partial charge in [0.15, 0.2) is 0 Å². The molecule has 1 unspecified atom stereocenters. The molecule has 0 aromatic heterocycles. The average Bonchev–Trinajstić information content (AvgIpc) is 2.51. The first-order valence-corrected chi connectivity index (χ1v) is 5.75. The quantitative estimate of drug-likeness (QED) is 0.470. The summed E-state index contributed by atoms with van der Waals surface area (Å²) in [6.07, 6.45) is 4.81. The van der Waals surface area contributed by atoms with Gasteiger partial charge in [-0.2, -0.15) is 0 Å². The Balaban J connectivity index is 2.52. The summed E-state index contributed by atoms with van der Waals surface area (Å²) in [6.45, 7) is 2.65. The van der Waals surface area contributed by atoms with E-state index in [0.29, 0.717) is 6.54 Å². The summed E-state index contributed by atoms with van der Waals surface area (Å²) in [6, 6.07) is -0.0328. The molecule has 0 radical (unpaired) electrons. The van der Waals surface area contributed by atoms with E-state index >= 15 is 0 Å². The zero-order valence-corrected chi connectivity index (χ0v) is 9.79. The normalized spacial score (nSPS) is 21.9. The second-order valence-electron chi connectivity index (χ2n) is 4.73. The van der Waals surface area contributed by atoms with Gasteiger partial charge in [0.05, 0.1) is 11.6 Å². The number of aliphatic hydroxyl groups is 1. The van der Waals surface area contributed by atoms with Crippen LogP contribution in [0.2, 0.25) is 0 Å². The molecule has 0 amide bonds. The first-order valence-electron chi connectivity index (χ1n) is 5.75. The van der Waals surface area contributed by atoms with E-state index in [1.54, 1.807) is 0 Å². The highest BCUT2D eigenvalue weighted by Gasteiger charge is 2.33. The van der Waals surface area contributed by atoms with Crippen LogP contribution in [0.15, 0.2) is 0 Å². The fourth-order valence-corrected chi connectivity index (χ4v) is 2.53. The fraction of sp³-hybridized carbons (Fsp3) is 0.909. The van der Waals surface area contributed by atoms with E-state index in [2.05, 4.69) is 0 Å². The van der Waals surface area contributed by atoms with Gasteiger partial charge in [-0.15, -0.1) is 0 Å². The molecule has 0 aliphatic heterocycles. The van der Waals surface area contributed by atoms with Crippen molar-refractivity contribution in [3.8, 4) is 0 Å². The van der Waals surface area contributed by atoms with Gasteiger partial charge in [0, 0.05) is 6.54 Å². The van der Waals surface area contributed by atoms with Crippen LogP contribution >= 0.6 is 0 Å². The highest BCUT2D eigenvalue weighted by Crippen LogP contribution is 2.30. The lowest BCUT2D eigenvalue weighted by Crippen LogP contribution is -2.48. The molecule has 0 spiro atoms. The maximum Gasteiger partial charge on any atom is 0.108 e. The van der Waals surface area contributed by atoms with E-state index in [1.165, 1.54) is 0 Å². The van der Waals surface area contributed by atoms with E-state index in [1.807, 2.05) is 18.9 Å². The third-order valence-corrected chi connectivity index (χ3v) is 3.36. The van der Waals surface area contributed by atoms with Crippen LogP contribution in [0.5, 0.6) is 0 Å². The maximum absolute atomic E-state index is 10.2. The second-order valence-corrected chi connectivity index (χ2v) is 4.73. The van der Waals surface area contributed by atoms with Crippen molar-refractivity contribution in [3.05, 3.63) is 0 Å². The van der Waals surface area contributed by atoms with Gasteiger partial charge in [0.25, 0.3) is 0 Å². The molecule has 1 aliphatic rings. The number of rotatable bonds is 5. The monoisotopic (exact) mass is 213 g/mol. The zero-order valence-electron chi connectivity index (χ0n) is 9.79. The Morgan fingerprint density at radius 2 is 2.07 bits per heavy atom. The standard InChI is InChI=1S/C11H23N3O/c1-3-9(10(12)13)14(2)8-11(15)6-4-5-7-11/h9,15H,3-8H2,1-2H3,(H3,12,13). The molecule has 0 bridgehead atoms. The van der Waals surface area contributed by atoms with Crippen LogP contribution in [-0.2, 0) is 0 Å². The third-order valence-electron chi connectivity index (χ3n) is 3.36. The van der Waals surface area contributed by atoms with Crippen molar-refractivity contribution in [2.24, 2.45) is 5.73 Å². The van der Waals surface area contributed by atoms with Crippen molar-refractivity contribution in [2.45, 2.75) is 50.7 Å². The molecule has 1 aliphatic carbocycles. The van der Waals surface area contributed by atoms with Crippen LogP contribution in [0.4, 0.5) is 0 Å². The predicted octanol–water partition coefficient (Wildman–Crippen LogP) is 0.938. The SMILES string of the molecule is CCC(C(=N)N)N(C)CC1(O)CCCC1. The first-order chi connectivity index (χ1) is 6.98. The Morgan fingerprint density at radius 1 is 1.53 bits per heavy atom. The lowest BCUT2D eigenvalue weighted by atomic mass is 10.0. The van der Waals surface area contributed by atoms with Crippen LogP contribution in [0.1, 0.15) is 39.0 Å². The molecular weight excluding hydrogens is 190 g/mol. The summed E-state index contributed by atoms with van der Waals surface area (Å²) >= 11 is 0. The van der Waals surface area contributed by atoms with Crippen LogP contribution in [-0.4, -0.2) is 41.1 Å². The van der Waals surface area contributed by atoms with Crippen LogP contribution in [0.25, 0.3) is 0 Å². The van der Waals surface area contributed by atoms with Crippen molar-refractivity contribution in [2.75, 3.05) is 13.6 Å². The molecule has 4 N–H and O–H groups in total. The number of hydrogen-bond donors (Lipinski definition) is 3. The minimum absolute atomic E-state index is 0.0328. The molecular formula is C11H23N3O.